The molecule has 120 valence electrons. The molecule has 3 rings (SSSR count). The van der Waals surface area contributed by atoms with Crippen molar-refractivity contribution in [3.8, 4) is 17.0 Å². The lowest BCUT2D eigenvalue weighted by Crippen LogP contribution is -2.37. The van der Waals surface area contributed by atoms with Gasteiger partial charge in [-0.2, -0.15) is 0 Å². The van der Waals surface area contributed by atoms with Crippen LogP contribution < -0.4 is 9.64 Å². The van der Waals surface area contributed by atoms with Crippen LogP contribution in [-0.2, 0) is 4.74 Å². The molecule has 0 amide bonds. The van der Waals surface area contributed by atoms with Gasteiger partial charge in [0.2, 0.25) is 5.95 Å². The number of hydrogen-bond donors (Lipinski definition) is 1. The van der Waals surface area contributed by atoms with Crippen LogP contribution in [0.25, 0.3) is 11.3 Å². The maximum absolute atomic E-state index is 11.5. The maximum Gasteiger partial charge on any atom is 0.339 e. The van der Waals surface area contributed by atoms with Gasteiger partial charge in [-0.3, -0.25) is 0 Å². The molecule has 1 aliphatic rings. The molecule has 0 bridgehead atoms. The molecular weight excluding hydrogens is 298 g/mol. The van der Waals surface area contributed by atoms with Crippen LogP contribution in [0.1, 0.15) is 10.4 Å². The van der Waals surface area contributed by atoms with E-state index in [0.29, 0.717) is 49.3 Å². The molecule has 23 heavy (non-hydrogen) atoms. The monoisotopic (exact) mass is 315 g/mol. The van der Waals surface area contributed by atoms with Gasteiger partial charge in [-0.15, -0.1) is 0 Å². The lowest BCUT2D eigenvalue weighted by atomic mass is 10.1. The van der Waals surface area contributed by atoms with Crippen LogP contribution in [-0.4, -0.2) is 54.5 Å². The Kier molecular flexibility index (Phi) is 4.38. The van der Waals surface area contributed by atoms with Crippen molar-refractivity contribution in [2.45, 2.75) is 0 Å². The number of hydrogen-bond acceptors (Lipinski definition) is 6. The van der Waals surface area contributed by atoms with Crippen LogP contribution in [0.5, 0.6) is 5.75 Å². The molecule has 1 N–H and O–H groups in total. The SMILES string of the molecule is COc1cccc(-c2nc(N3CCOCC3)ncc2C(=O)O)c1. The third-order valence-electron chi connectivity index (χ3n) is 3.64. The normalized spacial score (nSPS) is 14.6. The number of aromatic carboxylic acids is 1. The quantitative estimate of drug-likeness (QED) is 0.919. The molecule has 7 nitrogen and oxygen atoms in total. The van der Waals surface area contributed by atoms with Crippen LogP contribution in [0.3, 0.4) is 0 Å². The van der Waals surface area contributed by atoms with Gasteiger partial charge in [0, 0.05) is 24.8 Å². The first-order valence-corrected chi connectivity index (χ1v) is 7.26. The van der Waals surface area contributed by atoms with E-state index in [4.69, 9.17) is 9.47 Å². The van der Waals surface area contributed by atoms with Gasteiger partial charge in [-0.25, -0.2) is 14.8 Å². The fraction of sp³-hybridized carbons (Fsp3) is 0.312. The zero-order valence-electron chi connectivity index (χ0n) is 12.7. The van der Waals surface area contributed by atoms with Crippen LogP contribution in [0.15, 0.2) is 30.5 Å². The summed E-state index contributed by atoms with van der Waals surface area (Å²) in [6.07, 6.45) is 1.36. The maximum atomic E-state index is 11.5. The summed E-state index contributed by atoms with van der Waals surface area (Å²) in [4.78, 5) is 22.2. The Balaban J connectivity index is 2.05. The first kappa shape index (κ1) is 15.2. The van der Waals surface area contributed by atoms with Crippen LogP contribution in [0.2, 0.25) is 0 Å². The van der Waals surface area contributed by atoms with Crippen molar-refractivity contribution in [1.82, 2.24) is 9.97 Å². The number of anilines is 1. The van der Waals surface area contributed by atoms with E-state index in [-0.39, 0.29) is 5.56 Å². The van der Waals surface area contributed by atoms with Crippen molar-refractivity contribution >= 4 is 11.9 Å². The molecule has 0 spiro atoms. The highest BCUT2D eigenvalue weighted by atomic mass is 16.5. The van der Waals surface area contributed by atoms with E-state index in [1.807, 2.05) is 4.90 Å². The topological polar surface area (TPSA) is 84.8 Å². The van der Waals surface area contributed by atoms with E-state index in [2.05, 4.69) is 9.97 Å². The highest BCUT2D eigenvalue weighted by Gasteiger charge is 2.19. The predicted octanol–water partition coefficient (Wildman–Crippen LogP) is 1.69. The van der Waals surface area contributed by atoms with Gasteiger partial charge < -0.3 is 19.5 Å². The van der Waals surface area contributed by atoms with Crippen molar-refractivity contribution in [2.24, 2.45) is 0 Å². The number of carboxylic acids is 1. The Morgan fingerprint density at radius 1 is 1.35 bits per heavy atom. The average molecular weight is 315 g/mol. The summed E-state index contributed by atoms with van der Waals surface area (Å²) in [6.45, 7) is 2.59. The van der Waals surface area contributed by atoms with E-state index in [0.717, 1.165) is 0 Å². The third-order valence-corrected chi connectivity index (χ3v) is 3.64. The molecule has 2 heterocycles. The molecule has 0 saturated carbocycles. The van der Waals surface area contributed by atoms with E-state index in [1.54, 1.807) is 31.4 Å². The molecule has 1 aromatic carbocycles. The number of benzene rings is 1. The molecule has 1 aromatic heterocycles. The van der Waals surface area contributed by atoms with E-state index in [1.165, 1.54) is 6.20 Å². The number of carbonyl (C=O) groups is 1. The Hall–Kier alpha value is -2.67. The van der Waals surface area contributed by atoms with Gasteiger partial charge in [0.15, 0.2) is 0 Å². The summed E-state index contributed by atoms with van der Waals surface area (Å²) < 4.78 is 10.5. The second-order valence-corrected chi connectivity index (χ2v) is 5.07. The molecule has 0 atom stereocenters. The predicted molar refractivity (Wildman–Crippen MR) is 84.0 cm³/mol. The number of methoxy groups -OCH3 is 1. The molecule has 0 unspecified atom stereocenters. The Morgan fingerprint density at radius 3 is 2.83 bits per heavy atom. The van der Waals surface area contributed by atoms with Crippen molar-refractivity contribution in [1.29, 1.82) is 0 Å². The summed E-state index contributed by atoms with van der Waals surface area (Å²) in [5, 5.41) is 9.41. The average Bonchev–Trinajstić information content (AvgIpc) is 2.62. The van der Waals surface area contributed by atoms with Crippen molar-refractivity contribution in [3.05, 3.63) is 36.0 Å². The molecule has 1 saturated heterocycles. The number of nitrogens with zero attached hydrogens (tertiary/aromatic N) is 3. The molecule has 0 aliphatic carbocycles. The summed E-state index contributed by atoms with van der Waals surface area (Å²) in [6, 6.07) is 7.17. The molecule has 1 fully saturated rings. The van der Waals surface area contributed by atoms with E-state index < -0.39 is 5.97 Å². The van der Waals surface area contributed by atoms with Crippen LogP contribution >= 0.6 is 0 Å². The first-order valence-electron chi connectivity index (χ1n) is 7.26. The zero-order chi connectivity index (χ0) is 16.2. The van der Waals surface area contributed by atoms with Crippen LogP contribution in [0, 0.1) is 0 Å². The second-order valence-electron chi connectivity index (χ2n) is 5.07. The number of ether oxygens (including phenoxy) is 2. The van der Waals surface area contributed by atoms with E-state index >= 15 is 0 Å². The lowest BCUT2D eigenvalue weighted by molar-refractivity contribution is 0.0697. The van der Waals surface area contributed by atoms with Gasteiger partial charge in [-0.1, -0.05) is 12.1 Å². The Bertz CT molecular complexity index is 714. The molecular formula is C16H17N3O4. The van der Waals surface area contributed by atoms with Gasteiger partial charge in [-0.05, 0) is 12.1 Å². The van der Waals surface area contributed by atoms with Crippen molar-refractivity contribution < 1.29 is 19.4 Å². The summed E-state index contributed by atoms with van der Waals surface area (Å²) in [7, 11) is 1.57. The van der Waals surface area contributed by atoms with E-state index in [9.17, 15) is 9.90 Å². The standard InChI is InChI=1S/C16H17N3O4/c1-22-12-4-2-3-11(9-12)14-13(15(20)21)10-17-16(18-14)19-5-7-23-8-6-19/h2-4,9-10H,5-8H2,1H3,(H,20,21). The second kappa shape index (κ2) is 6.62. The fourth-order valence-corrected chi connectivity index (χ4v) is 2.44. The smallest absolute Gasteiger partial charge is 0.339 e. The number of rotatable bonds is 4. The van der Waals surface area contributed by atoms with Crippen LogP contribution in [0.4, 0.5) is 5.95 Å². The summed E-state index contributed by atoms with van der Waals surface area (Å²) in [5.41, 5.74) is 1.13. The lowest BCUT2D eigenvalue weighted by Gasteiger charge is -2.27. The largest absolute Gasteiger partial charge is 0.497 e. The minimum Gasteiger partial charge on any atom is -0.497 e. The first-order chi connectivity index (χ1) is 11.2. The molecule has 2 aromatic rings. The number of aromatic nitrogens is 2. The zero-order valence-corrected chi connectivity index (χ0v) is 12.7. The minimum absolute atomic E-state index is 0.0651. The highest BCUT2D eigenvalue weighted by Crippen LogP contribution is 2.27. The van der Waals surface area contributed by atoms with Gasteiger partial charge >= 0.3 is 5.97 Å². The number of morpholine rings is 1. The third kappa shape index (κ3) is 3.24. The molecule has 0 radical (unpaired) electrons. The summed E-state index contributed by atoms with van der Waals surface area (Å²) >= 11 is 0. The van der Waals surface area contributed by atoms with Gasteiger partial charge in [0.25, 0.3) is 0 Å². The molecule has 7 heteroatoms. The minimum atomic E-state index is -1.06. The number of carboxylic acid groups (broad SMARTS) is 1. The van der Waals surface area contributed by atoms with Crippen molar-refractivity contribution in [2.75, 3.05) is 38.3 Å². The Morgan fingerprint density at radius 2 is 2.13 bits per heavy atom. The fourth-order valence-electron chi connectivity index (χ4n) is 2.44. The van der Waals surface area contributed by atoms with Gasteiger partial charge in [0.05, 0.1) is 26.0 Å². The van der Waals surface area contributed by atoms with Gasteiger partial charge in [0.1, 0.15) is 11.3 Å². The molecule has 1 aliphatic heterocycles. The highest BCUT2D eigenvalue weighted by molar-refractivity contribution is 5.94. The summed E-state index contributed by atoms with van der Waals surface area (Å²) in [5.74, 6) is 0.0952. The Labute approximate surface area is 133 Å². The van der Waals surface area contributed by atoms with Crippen molar-refractivity contribution in [3.63, 3.8) is 0 Å².